The van der Waals surface area contributed by atoms with Crippen LogP contribution in [0, 0.1) is 0 Å². The quantitative estimate of drug-likeness (QED) is 0.753. The zero-order valence-electron chi connectivity index (χ0n) is 10.5. The molecule has 1 aliphatic carbocycles. The smallest absolute Gasteiger partial charge is 0.0614 e. The van der Waals surface area contributed by atoms with Gasteiger partial charge in [0.1, 0.15) is 0 Å². The largest absolute Gasteiger partial charge is 0.394 e. The average molecular weight is 215 g/mol. The maximum absolute atomic E-state index is 9.44. The van der Waals surface area contributed by atoms with Crippen molar-refractivity contribution in [2.75, 3.05) is 13.7 Å². The molecule has 0 aliphatic heterocycles. The normalized spacial score (nSPS) is 33.0. The Kier molecular flexibility index (Phi) is 4.15. The Labute approximate surface area is 93.2 Å². The first-order valence-electron chi connectivity index (χ1n) is 5.88. The average Bonchev–Trinajstić information content (AvgIpc) is 2.15. The highest BCUT2D eigenvalue weighted by Gasteiger charge is 2.36. The highest BCUT2D eigenvalue weighted by atomic mass is 16.5. The summed E-state index contributed by atoms with van der Waals surface area (Å²) in [5.74, 6) is 0. The van der Waals surface area contributed by atoms with Crippen molar-refractivity contribution in [1.82, 2.24) is 5.32 Å². The molecular weight excluding hydrogens is 190 g/mol. The van der Waals surface area contributed by atoms with Crippen LogP contribution < -0.4 is 5.32 Å². The summed E-state index contributed by atoms with van der Waals surface area (Å²) >= 11 is 0. The van der Waals surface area contributed by atoms with Crippen molar-refractivity contribution in [3.8, 4) is 0 Å². The van der Waals surface area contributed by atoms with Gasteiger partial charge in [0.2, 0.25) is 0 Å². The lowest BCUT2D eigenvalue weighted by Gasteiger charge is -2.41. The summed E-state index contributed by atoms with van der Waals surface area (Å²) in [5.41, 5.74) is -0.203. The molecule has 0 saturated heterocycles. The third-order valence-electron chi connectivity index (χ3n) is 3.15. The number of aliphatic hydroxyl groups is 1. The molecule has 0 aromatic heterocycles. The van der Waals surface area contributed by atoms with Crippen LogP contribution in [-0.2, 0) is 4.74 Å². The summed E-state index contributed by atoms with van der Waals surface area (Å²) < 4.78 is 5.99. The Morgan fingerprint density at radius 1 is 1.47 bits per heavy atom. The lowest BCUT2D eigenvalue weighted by atomic mass is 9.80. The van der Waals surface area contributed by atoms with Crippen molar-refractivity contribution in [2.45, 2.75) is 63.7 Å². The minimum absolute atomic E-state index is 0.0864. The lowest BCUT2D eigenvalue weighted by molar-refractivity contribution is -0.0920. The second kappa shape index (κ2) is 4.81. The van der Waals surface area contributed by atoms with Crippen molar-refractivity contribution in [3.05, 3.63) is 0 Å². The summed E-state index contributed by atoms with van der Waals surface area (Å²) in [4.78, 5) is 0. The fourth-order valence-electron chi connectivity index (χ4n) is 2.36. The van der Waals surface area contributed by atoms with Crippen LogP contribution in [0.3, 0.4) is 0 Å². The van der Waals surface area contributed by atoms with Gasteiger partial charge in [-0.15, -0.1) is 0 Å². The predicted molar refractivity (Wildman–Crippen MR) is 62.0 cm³/mol. The number of nitrogens with one attached hydrogen (secondary N) is 1. The van der Waals surface area contributed by atoms with Crippen LogP contribution in [-0.4, -0.2) is 36.0 Å². The van der Waals surface area contributed by atoms with Gasteiger partial charge in [0.05, 0.1) is 18.3 Å². The molecule has 90 valence electrons. The van der Waals surface area contributed by atoms with Gasteiger partial charge in [-0.25, -0.2) is 0 Å². The first kappa shape index (κ1) is 12.9. The molecule has 0 amide bonds. The molecule has 0 radical (unpaired) electrons. The van der Waals surface area contributed by atoms with E-state index in [2.05, 4.69) is 26.1 Å². The molecule has 0 spiro atoms. The van der Waals surface area contributed by atoms with Crippen LogP contribution in [0.5, 0.6) is 0 Å². The van der Waals surface area contributed by atoms with Gasteiger partial charge in [-0.05, 0) is 53.5 Å². The topological polar surface area (TPSA) is 41.5 Å². The van der Waals surface area contributed by atoms with E-state index >= 15 is 0 Å². The van der Waals surface area contributed by atoms with Crippen molar-refractivity contribution in [1.29, 1.82) is 0 Å². The van der Waals surface area contributed by atoms with Gasteiger partial charge in [-0.3, -0.25) is 0 Å². The molecule has 1 saturated carbocycles. The third-order valence-corrected chi connectivity index (χ3v) is 3.15. The molecular formula is C12H25NO2. The number of hydrogen-bond acceptors (Lipinski definition) is 3. The van der Waals surface area contributed by atoms with Crippen molar-refractivity contribution in [2.24, 2.45) is 0 Å². The van der Waals surface area contributed by atoms with Crippen LogP contribution in [0.4, 0.5) is 0 Å². The molecule has 15 heavy (non-hydrogen) atoms. The minimum Gasteiger partial charge on any atom is -0.394 e. The standard InChI is InChI=1S/C12H25NO2/c1-11(2,3)15-10-6-5-7-12(8-10,9-14)13-4/h10,13-14H,5-9H2,1-4H3. The highest BCUT2D eigenvalue weighted by molar-refractivity contribution is 4.93. The first-order valence-corrected chi connectivity index (χ1v) is 5.88. The van der Waals surface area contributed by atoms with Crippen molar-refractivity contribution in [3.63, 3.8) is 0 Å². The van der Waals surface area contributed by atoms with E-state index in [-0.39, 0.29) is 23.9 Å². The SMILES string of the molecule is CNC1(CO)CCCC(OC(C)(C)C)C1. The number of aliphatic hydroxyl groups excluding tert-OH is 1. The molecule has 0 bridgehead atoms. The van der Waals surface area contributed by atoms with E-state index in [0.29, 0.717) is 0 Å². The second-order valence-corrected chi connectivity index (χ2v) is 5.64. The van der Waals surface area contributed by atoms with Crippen LogP contribution >= 0.6 is 0 Å². The molecule has 3 nitrogen and oxygen atoms in total. The van der Waals surface area contributed by atoms with Gasteiger partial charge >= 0.3 is 0 Å². The highest BCUT2D eigenvalue weighted by Crippen LogP contribution is 2.31. The molecule has 1 rings (SSSR count). The van der Waals surface area contributed by atoms with Crippen molar-refractivity contribution < 1.29 is 9.84 Å². The minimum atomic E-state index is -0.117. The fourth-order valence-corrected chi connectivity index (χ4v) is 2.36. The Hall–Kier alpha value is -0.120. The zero-order chi connectivity index (χ0) is 11.5. The summed E-state index contributed by atoms with van der Waals surface area (Å²) in [6.45, 7) is 6.46. The Morgan fingerprint density at radius 3 is 2.60 bits per heavy atom. The molecule has 0 aromatic carbocycles. The van der Waals surface area contributed by atoms with Gasteiger partial charge in [0.25, 0.3) is 0 Å². The zero-order valence-corrected chi connectivity index (χ0v) is 10.5. The van der Waals surface area contributed by atoms with Gasteiger partial charge in [-0.1, -0.05) is 0 Å². The first-order chi connectivity index (χ1) is 6.91. The van der Waals surface area contributed by atoms with Gasteiger partial charge in [0, 0.05) is 5.54 Å². The molecule has 3 heteroatoms. The molecule has 2 unspecified atom stereocenters. The van der Waals surface area contributed by atoms with E-state index < -0.39 is 0 Å². The molecule has 1 fully saturated rings. The molecule has 1 aliphatic rings. The number of hydrogen-bond donors (Lipinski definition) is 2. The summed E-state index contributed by atoms with van der Waals surface area (Å²) in [5, 5.41) is 12.7. The Balaban J connectivity index is 2.55. The van der Waals surface area contributed by atoms with Gasteiger partial charge in [0.15, 0.2) is 0 Å². The lowest BCUT2D eigenvalue weighted by Crippen LogP contribution is -2.52. The van der Waals surface area contributed by atoms with Crippen LogP contribution in [0.1, 0.15) is 46.5 Å². The summed E-state index contributed by atoms with van der Waals surface area (Å²) in [6.07, 6.45) is 4.47. The maximum atomic E-state index is 9.44. The van der Waals surface area contributed by atoms with E-state index in [4.69, 9.17) is 4.74 Å². The Morgan fingerprint density at radius 2 is 2.13 bits per heavy atom. The predicted octanol–water partition coefficient (Wildman–Crippen LogP) is 1.69. The molecule has 2 N–H and O–H groups in total. The Bertz CT molecular complexity index is 194. The third kappa shape index (κ3) is 3.74. The fraction of sp³-hybridized carbons (Fsp3) is 1.00. The van der Waals surface area contributed by atoms with Crippen LogP contribution in [0.2, 0.25) is 0 Å². The molecule has 2 atom stereocenters. The molecule has 0 aromatic rings. The summed E-state index contributed by atoms with van der Waals surface area (Å²) in [6, 6.07) is 0. The van der Waals surface area contributed by atoms with E-state index in [1.807, 2.05) is 7.05 Å². The number of likely N-dealkylation sites (N-methyl/N-ethyl adjacent to an activating group) is 1. The maximum Gasteiger partial charge on any atom is 0.0614 e. The van der Waals surface area contributed by atoms with E-state index in [0.717, 1.165) is 25.7 Å². The van der Waals surface area contributed by atoms with Crippen LogP contribution in [0.15, 0.2) is 0 Å². The van der Waals surface area contributed by atoms with Gasteiger partial charge < -0.3 is 15.2 Å². The van der Waals surface area contributed by atoms with Gasteiger partial charge in [-0.2, -0.15) is 0 Å². The van der Waals surface area contributed by atoms with E-state index in [1.165, 1.54) is 0 Å². The van der Waals surface area contributed by atoms with Crippen molar-refractivity contribution >= 4 is 0 Å². The van der Waals surface area contributed by atoms with E-state index in [9.17, 15) is 5.11 Å². The second-order valence-electron chi connectivity index (χ2n) is 5.64. The monoisotopic (exact) mass is 215 g/mol. The number of rotatable bonds is 3. The van der Waals surface area contributed by atoms with Crippen LogP contribution in [0.25, 0.3) is 0 Å². The number of ether oxygens (including phenoxy) is 1. The summed E-state index contributed by atoms with van der Waals surface area (Å²) in [7, 11) is 1.93. The van der Waals surface area contributed by atoms with E-state index in [1.54, 1.807) is 0 Å². The molecule has 0 heterocycles.